The second-order valence-electron chi connectivity index (χ2n) is 9.79. The molecule has 178 valence electrons. The molecule has 8 nitrogen and oxygen atoms in total. The molecule has 3 rings (SSSR count). The van der Waals surface area contributed by atoms with E-state index in [1.54, 1.807) is 5.06 Å². The molecule has 1 aliphatic carbocycles. The third-order valence-corrected chi connectivity index (χ3v) is 5.89. The summed E-state index contributed by atoms with van der Waals surface area (Å²) < 4.78 is 10.7. The third kappa shape index (κ3) is 7.67. The molecular weight excluding hydrogens is 412 g/mol. The van der Waals surface area contributed by atoms with Gasteiger partial charge in [-0.25, -0.2) is 9.59 Å². The van der Waals surface area contributed by atoms with E-state index in [1.807, 2.05) is 51.1 Å². The van der Waals surface area contributed by atoms with Crippen LogP contribution in [0, 0.1) is 5.92 Å². The number of carbonyl (C=O) groups is 2. The largest absolute Gasteiger partial charge is 0.506 e. The topological polar surface area (TPSA) is 97.3 Å². The highest BCUT2D eigenvalue weighted by Crippen LogP contribution is 2.31. The summed E-state index contributed by atoms with van der Waals surface area (Å²) >= 11 is 0. The fourth-order valence-corrected chi connectivity index (χ4v) is 4.56. The molecule has 1 aromatic rings. The molecule has 1 aliphatic heterocycles. The smallest absolute Gasteiger partial charge is 0.450 e. The van der Waals surface area contributed by atoms with Gasteiger partial charge in [-0.1, -0.05) is 62.4 Å². The van der Waals surface area contributed by atoms with Crippen molar-refractivity contribution in [2.45, 2.75) is 89.7 Å². The zero-order valence-electron chi connectivity index (χ0n) is 19.3. The molecule has 3 atom stereocenters. The van der Waals surface area contributed by atoms with Crippen molar-refractivity contribution in [2.24, 2.45) is 5.92 Å². The van der Waals surface area contributed by atoms with Crippen LogP contribution < -0.4 is 5.32 Å². The molecule has 2 N–H and O–H groups in total. The Labute approximate surface area is 190 Å². The first kappa shape index (κ1) is 24.3. The van der Waals surface area contributed by atoms with Crippen LogP contribution in [0.25, 0.3) is 0 Å². The van der Waals surface area contributed by atoms with Crippen molar-refractivity contribution in [1.29, 1.82) is 0 Å². The molecule has 1 aromatic carbocycles. The third-order valence-electron chi connectivity index (χ3n) is 5.89. The lowest BCUT2D eigenvalue weighted by Gasteiger charge is -2.32. The maximum Gasteiger partial charge on any atom is 0.506 e. The predicted octanol–water partition coefficient (Wildman–Crippen LogP) is 4.73. The number of benzene rings is 1. The lowest BCUT2D eigenvalue weighted by molar-refractivity contribution is -0.165. The highest BCUT2D eigenvalue weighted by molar-refractivity contribution is 5.68. The van der Waals surface area contributed by atoms with Gasteiger partial charge in [-0.15, -0.1) is 0 Å². The van der Waals surface area contributed by atoms with E-state index in [9.17, 15) is 14.7 Å². The Morgan fingerprint density at radius 1 is 1.19 bits per heavy atom. The predicted molar refractivity (Wildman–Crippen MR) is 119 cm³/mol. The Balaban J connectivity index is 1.75. The summed E-state index contributed by atoms with van der Waals surface area (Å²) in [6, 6.07) is 9.40. The van der Waals surface area contributed by atoms with Gasteiger partial charge in [0.2, 0.25) is 0 Å². The van der Waals surface area contributed by atoms with E-state index in [2.05, 4.69) is 5.32 Å². The van der Waals surface area contributed by atoms with E-state index in [-0.39, 0.29) is 0 Å². The Bertz CT molecular complexity index is 745. The number of nitrogens with one attached hydrogen (secondary N) is 1. The van der Waals surface area contributed by atoms with Crippen LogP contribution in [-0.4, -0.2) is 52.8 Å². The molecule has 0 spiro atoms. The molecule has 0 aromatic heterocycles. The van der Waals surface area contributed by atoms with Gasteiger partial charge >= 0.3 is 12.2 Å². The number of hydrogen-bond acceptors (Lipinski definition) is 6. The maximum atomic E-state index is 12.6. The monoisotopic (exact) mass is 448 g/mol. The van der Waals surface area contributed by atoms with E-state index in [4.69, 9.17) is 14.3 Å². The van der Waals surface area contributed by atoms with Gasteiger partial charge in [-0.05, 0) is 38.7 Å². The summed E-state index contributed by atoms with van der Waals surface area (Å²) in [7, 11) is 0. The molecule has 2 unspecified atom stereocenters. The second-order valence-corrected chi connectivity index (χ2v) is 9.79. The lowest BCUT2D eigenvalue weighted by Crippen LogP contribution is -2.50. The van der Waals surface area contributed by atoms with E-state index < -0.39 is 36.1 Å². The molecule has 8 heteroatoms. The Morgan fingerprint density at radius 3 is 2.50 bits per heavy atom. The van der Waals surface area contributed by atoms with Gasteiger partial charge in [0, 0.05) is 6.54 Å². The average Bonchev–Trinajstić information content (AvgIpc) is 3.09. The first-order chi connectivity index (χ1) is 15.2. The highest BCUT2D eigenvalue weighted by atomic mass is 16.7. The standard InChI is InChI=1S/C24H36N2O6/c1-24(2,3)31-22(27)25-19(14-17-10-6-4-7-11-17)21-20(30-23(28)29)16-26(32-21)15-18-12-8-5-9-13-18/h5,8-9,12-13,17,19-21H,4,6-7,10-11,14-16H2,1-3H3,(H,25,27)(H,28,29)/t19-,20?,21?/m0/s1. The number of carboxylic acid groups (broad SMARTS) is 1. The van der Waals surface area contributed by atoms with Crippen LogP contribution in [0.1, 0.15) is 64.9 Å². The summed E-state index contributed by atoms with van der Waals surface area (Å²) in [5.74, 6) is 0.445. The van der Waals surface area contributed by atoms with Crippen LogP contribution in [0.4, 0.5) is 9.59 Å². The number of alkyl carbamates (subject to hydrolysis) is 1. The van der Waals surface area contributed by atoms with Gasteiger partial charge in [0.1, 0.15) is 11.7 Å². The van der Waals surface area contributed by atoms with Gasteiger partial charge in [0.15, 0.2) is 6.10 Å². The molecule has 2 aliphatic rings. The van der Waals surface area contributed by atoms with E-state index in [0.29, 0.717) is 25.4 Å². The Kier molecular flexibility index (Phi) is 8.37. The molecule has 0 radical (unpaired) electrons. The van der Waals surface area contributed by atoms with Crippen molar-refractivity contribution in [3.63, 3.8) is 0 Å². The summed E-state index contributed by atoms with van der Waals surface area (Å²) in [5, 5.41) is 14.0. The molecule has 1 saturated heterocycles. The minimum absolute atomic E-state index is 0.295. The Hall–Kier alpha value is -2.32. The van der Waals surface area contributed by atoms with Crippen LogP contribution in [0.3, 0.4) is 0 Å². The van der Waals surface area contributed by atoms with Gasteiger partial charge in [0.25, 0.3) is 0 Å². The molecule has 32 heavy (non-hydrogen) atoms. The number of hydrogen-bond donors (Lipinski definition) is 2. The van der Waals surface area contributed by atoms with E-state index in [0.717, 1.165) is 18.4 Å². The Morgan fingerprint density at radius 2 is 1.88 bits per heavy atom. The molecule has 1 saturated carbocycles. The quantitative estimate of drug-likeness (QED) is 0.582. The lowest BCUT2D eigenvalue weighted by atomic mass is 9.83. The minimum atomic E-state index is -1.35. The van der Waals surface area contributed by atoms with Crippen molar-refractivity contribution < 1.29 is 29.0 Å². The highest BCUT2D eigenvalue weighted by Gasteiger charge is 2.44. The molecule has 0 bridgehead atoms. The SMILES string of the molecule is CC(C)(C)OC(=O)N[C@@H](CC1CCCCC1)C1ON(Cc2ccccc2)CC1OC(=O)O. The normalized spacial score (nSPS) is 23.5. The molecule has 1 amide bonds. The molecule has 2 fully saturated rings. The van der Waals surface area contributed by atoms with Crippen LogP contribution in [-0.2, 0) is 20.9 Å². The second kappa shape index (κ2) is 11.0. The summed E-state index contributed by atoms with van der Waals surface area (Å²) in [6.07, 6.45) is 3.25. The fourth-order valence-electron chi connectivity index (χ4n) is 4.56. The first-order valence-electron chi connectivity index (χ1n) is 11.5. The minimum Gasteiger partial charge on any atom is -0.450 e. The zero-order valence-corrected chi connectivity index (χ0v) is 19.3. The fraction of sp³-hybridized carbons (Fsp3) is 0.667. The summed E-state index contributed by atoms with van der Waals surface area (Å²) in [5.41, 5.74) is 0.415. The van der Waals surface area contributed by atoms with Crippen LogP contribution in [0.15, 0.2) is 30.3 Å². The number of amides is 1. The van der Waals surface area contributed by atoms with Crippen molar-refractivity contribution in [2.75, 3.05) is 6.54 Å². The number of ether oxygens (including phenoxy) is 2. The number of hydroxylamine groups is 2. The number of rotatable bonds is 7. The van der Waals surface area contributed by atoms with Crippen molar-refractivity contribution in [3.05, 3.63) is 35.9 Å². The van der Waals surface area contributed by atoms with Crippen molar-refractivity contribution in [3.8, 4) is 0 Å². The number of nitrogens with zero attached hydrogens (tertiary/aromatic N) is 1. The van der Waals surface area contributed by atoms with Crippen LogP contribution in [0.2, 0.25) is 0 Å². The van der Waals surface area contributed by atoms with E-state index >= 15 is 0 Å². The maximum absolute atomic E-state index is 12.6. The van der Waals surface area contributed by atoms with Gasteiger partial charge in [-0.2, -0.15) is 5.06 Å². The van der Waals surface area contributed by atoms with E-state index in [1.165, 1.54) is 19.3 Å². The van der Waals surface area contributed by atoms with Gasteiger partial charge in [0.05, 0.1) is 12.6 Å². The van der Waals surface area contributed by atoms with Crippen molar-refractivity contribution in [1.82, 2.24) is 10.4 Å². The van der Waals surface area contributed by atoms with Gasteiger partial charge in [-0.3, -0.25) is 4.84 Å². The zero-order chi connectivity index (χ0) is 23.1. The van der Waals surface area contributed by atoms with Gasteiger partial charge < -0.3 is 19.9 Å². The molecular formula is C24H36N2O6. The summed E-state index contributed by atoms with van der Waals surface area (Å²) in [6.45, 7) is 6.23. The number of carbonyl (C=O) groups excluding carboxylic acids is 1. The van der Waals surface area contributed by atoms with Crippen LogP contribution >= 0.6 is 0 Å². The van der Waals surface area contributed by atoms with Crippen molar-refractivity contribution >= 4 is 12.2 Å². The molecule has 1 heterocycles. The summed E-state index contributed by atoms with van der Waals surface area (Å²) in [4.78, 5) is 30.2. The van der Waals surface area contributed by atoms with Crippen LogP contribution in [0.5, 0.6) is 0 Å². The average molecular weight is 449 g/mol. The first-order valence-corrected chi connectivity index (χ1v) is 11.5.